The van der Waals surface area contributed by atoms with E-state index in [4.69, 9.17) is 53.1 Å². The molecule has 0 aromatic carbocycles. The summed E-state index contributed by atoms with van der Waals surface area (Å²) in [5.41, 5.74) is 0. The van der Waals surface area contributed by atoms with Gasteiger partial charge in [-0.1, -0.05) is 124 Å². The monoisotopic (exact) mass is 1190 g/mol. The summed E-state index contributed by atoms with van der Waals surface area (Å²) < 4.78 is 74.4. The van der Waals surface area contributed by atoms with Crippen LogP contribution in [0.4, 0.5) is 0 Å². The van der Waals surface area contributed by atoms with Gasteiger partial charge in [-0.05, 0) is 115 Å². The number of unbranched alkanes of at least 4 members (excludes halogenated alkanes) is 7. The first-order valence-electron chi connectivity index (χ1n) is 25.4. The maximum atomic E-state index is 6.70. The van der Waals surface area contributed by atoms with Crippen LogP contribution < -0.4 is 0 Å². The summed E-state index contributed by atoms with van der Waals surface area (Å²) in [6.45, 7) is 20.3. The minimum Gasteiger partial charge on any atom is -0.377 e. The zero-order valence-electron chi connectivity index (χ0n) is 44.5. The molecule has 12 nitrogen and oxygen atoms in total. The Hall–Kier alpha value is 3.19. The van der Waals surface area contributed by atoms with Crippen LogP contribution in [-0.4, -0.2) is 140 Å². The zero-order valence-corrected chi connectivity index (χ0v) is 55.1. The van der Waals surface area contributed by atoms with Crippen LogP contribution in [0.5, 0.6) is 0 Å². The molecule has 0 rings (SSSR count). The minimum atomic E-state index is -2.83. The van der Waals surface area contributed by atoms with E-state index in [9.17, 15) is 0 Å². The van der Waals surface area contributed by atoms with Crippen molar-refractivity contribution in [1.29, 1.82) is 0 Å². The van der Waals surface area contributed by atoms with Gasteiger partial charge in [0.15, 0.2) is 0 Å². The van der Waals surface area contributed by atoms with E-state index in [2.05, 4.69) is 48.5 Å². The van der Waals surface area contributed by atoms with E-state index in [1.807, 2.05) is 82.5 Å². The Balaban J connectivity index is 4.87. The van der Waals surface area contributed by atoms with E-state index in [1.54, 1.807) is 35.5 Å². The molecule has 0 fully saturated rings. The van der Waals surface area contributed by atoms with Crippen LogP contribution in [0.3, 0.4) is 0 Å². The zero-order chi connectivity index (χ0) is 50.5. The fraction of sp³-hybridized carbons (Fsp3) is 1.00. The van der Waals surface area contributed by atoms with Gasteiger partial charge in [-0.3, -0.25) is 0 Å². The fourth-order valence-corrected chi connectivity index (χ4v) is 29.8. The molecule has 0 spiro atoms. The molecule has 0 saturated heterocycles. The molecule has 0 aliphatic rings. The first kappa shape index (κ1) is 71.2. The lowest BCUT2D eigenvalue weighted by atomic mass is 10.2. The number of hydrogen-bond acceptors (Lipinski definition) is 20. The highest BCUT2D eigenvalue weighted by molar-refractivity contribution is 9.26. The van der Waals surface area contributed by atoms with Crippen molar-refractivity contribution in [3.05, 3.63) is 0 Å². The Morgan fingerprint density at radius 1 is 0.324 bits per heavy atom. The standard InChI is InChI=1S/C44H98O12S8Si4/c1-13-18-28-50-65(51-29-19-14-2,52-30-20-15-3)37-26-35-57-61-62-58-36-27-38-66(53-31-21-16-4,54-32-22-17-5)55-33-24-23-25-34-56-68(48-11,49-12)42-44(7)40-60-64-63-59-39-43(6)41-67(45-8,46-9)47-10/h43-44H,13-42H2,1-12H3. The average molecular weight is 1190 g/mol. The average Bonchev–Trinajstić information content (AvgIpc) is 3.34. The van der Waals surface area contributed by atoms with Crippen LogP contribution in [0.1, 0.15) is 145 Å². The molecule has 410 valence electrons. The van der Waals surface area contributed by atoms with Crippen LogP contribution in [0.25, 0.3) is 0 Å². The third kappa shape index (κ3) is 36.3. The van der Waals surface area contributed by atoms with Gasteiger partial charge in [0.2, 0.25) is 0 Å². The quantitative estimate of drug-likeness (QED) is 0.0327. The third-order valence-corrected chi connectivity index (χ3v) is 36.2. The van der Waals surface area contributed by atoms with Gasteiger partial charge < -0.3 is 53.1 Å². The largest absolute Gasteiger partial charge is 0.500 e. The van der Waals surface area contributed by atoms with Crippen molar-refractivity contribution in [1.82, 2.24) is 0 Å². The molecule has 0 aromatic rings. The molecular weight excluding hydrogens is 1090 g/mol. The first-order chi connectivity index (χ1) is 33.0. The smallest absolute Gasteiger partial charge is 0.377 e. The van der Waals surface area contributed by atoms with Crippen LogP contribution in [0, 0.1) is 11.8 Å². The summed E-state index contributed by atoms with van der Waals surface area (Å²) in [6, 6.07) is 3.33. The van der Waals surface area contributed by atoms with Gasteiger partial charge in [-0.25, -0.2) is 0 Å². The molecule has 0 bridgehead atoms. The second kappa shape index (κ2) is 48.6. The molecule has 0 heterocycles. The molecule has 24 heteroatoms. The summed E-state index contributed by atoms with van der Waals surface area (Å²) in [5, 5.41) is 0. The molecule has 0 radical (unpaired) electrons. The van der Waals surface area contributed by atoms with Crippen LogP contribution in [0.15, 0.2) is 0 Å². The molecule has 0 aromatic heterocycles. The van der Waals surface area contributed by atoms with Gasteiger partial charge in [0, 0.05) is 129 Å². The molecule has 0 aliphatic heterocycles. The molecule has 0 N–H and O–H groups in total. The van der Waals surface area contributed by atoms with Crippen LogP contribution >= 0.6 is 82.5 Å². The molecule has 2 unspecified atom stereocenters. The Kier molecular flexibility index (Phi) is 50.8. The van der Waals surface area contributed by atoms with Gasteiger partial charge in [0.05, 0.1) is 0 Å². The Bertz CT molecular complexity index is 1050. The summed E-state index contributed by atoms with van der Waals surface area (Å²) in [5.74, 6) is 4.91. The van der Waals surface area contributed by atoms with E-state index in [0.29, 0.717) is 38.3 Å². The third-order valence-electron chi connectivity index (χ3n) is 10.7. The van der Waals surface area contributed by atoms with Crippen molar-refractivity contribution in [3.8, 4) is 0 Å². The van der Waals surface area contributed by atoms with Crippen molar-refractivity contribution >= 4 is 118 Å². The summed E-state index contributed by atoms with van der Waals surface area (Å²) in [7, 11) is 12.6. The van der Waals surface area contributed by atoms with Gasteiger partial charge >= 0.3 is 35.2 Å². The number of rotatable bonds is 55. The second-order valence-electron chi connectivity index (χ2n) is 16.8. The van der Waals surface area contributed by atoms with Crippen molar-refractivity contribution in [2.75, 3.05) is 105 Å². The Labute approximate surface area is 452 Å². The molecule has 0 aliphatic carbocycles. The Morgan fingerprint density at radius 3 is 0.912 bits per heavy atom. The van der Waals surface area contributed by atoms with Crippen molar-refractivity contribution in [2.45, 2.75) is 169 Å². The molecule has 2 atom stereocenters. The van der Waals surface area contributed by atoms with Gasteiger partial charge in [-0.2, -0.15) is 0 Å². The summed E-state index contributed by atoms with van der Waals surface area (Å²) in [4.78, 5) is 0. The lowest BCUT2D eigenvalue weighted by Gasteiger charge is -2.30. The topological polar surface area (TPSA) is 111 Å². The molecule has 0 saturated carbocycles. The first-order valence-corrected chi connectivity index (χ1v) is 43.4. The highest BCUT2D eigenvalue weighted by Crippen LogP contribution is 2.46. The van der Waals surface area contributed by atoms with E-state index in [0.717, 1.165) is 163 Å². The SMILES string of the molecule is CCCCO[Si](CCCSSSSCCC[Si](OCCCC)(OCCCC)OCCCCCO[Si](CC(C)CSSSSCC(C)C[Si](OC)(OC)OC)(OC)OC)(OCCCC)OCCCC. The summed E-state index contributed by atoms with van der Waals surface area (Å²) >= 11 is 0. The highest BCUT2D eigenvalue weighted by atomic mass is 33.7. The van der Waals surface area contributed by atoms with Crippen molar-refractivity contribution < 1.29 is 53.1 Å². The van der Waals surface area contributed by atoms with Gasteiger partial charge in [0.25, 0.3) is 0 Å². The minimum absolute atomic E-state index is 0.395. The normalized spacial score (nSPS) is 13.8. The molecular formula is C44H98O12S8Si4. The predicted molar refractivity (Wildman–Crippen MR) is 315 cm³/mol. The lowest BCUT2D eigenvalue weighted by Crippen LogP contribution is -2.46. The maximum absolute atomic E-state index is 6.70. The second-order valence-corrected chi connectivity index (χ2v) is 40.5. The van der Waals surface area contributed by atoms with Crippen molar-refractivity contribution in [3.63, 3.8) is 0 Å². The fourth-order valence-electron chi connectivity index (χ4n) is 6.41. The molecule has 0 amide bonds. The number of hydrogen-bond donors (Lipinski definition) is 0. The van der Waals surface area contributed by atoms with Gasteiger partial charge in [-0.15, -0.1) is 0 Å². The van der Waals surface area contributed by atoms with E-state index in [-0.39, 0.29) is 0 Å². The van der Waals surface area contributed by atoms with E-state index in [1.165, 1.54) is 0 Å². The van der Waals surface area contributed by atoms with Crippen LogP contribution in [0.2, 0.25) is 24.2 Å². The van der Waals surface area contributed by atoms with Gasteiger partial charge in [0.1, 0.15) is 0 Å². The Morgan fingerprint density at radius 2 is 0.603 bits per heavy atom. The van der Waals surface area contributed by atoms with E-state index >= 15 is 0 Å². The van der Waals surface area contributed by atoms with Crippen LogP contribution in [-0.2, 0) is 53.1 Å². The highest BCUT2D eigenvalue weighted by Gasteiger charge is 2.43. The summed E-state index contributed by atoms with van der Waals surface area (Å²) in [6.07, 6.45) is 15.5. The lowest BCUT2D eigenvalue weighted by molar-refractivity contribution is 0.0548. The predicted octanol–water partition coefficient (Wildman–Crippen LogP) is 15.7. The molecule has 68 heavy (non-hydrogen) atoms. The maximum Gasteiger partial charge on any atom is 0.500 e. The van der Waals surface area contributed by atoms with E-state index < -0.39 is 35.2 Å². The van der Waals surface area contributed by atoms with Crippen molar-refractivity contribution in [2.24, 2.45) is 11.8 Å².